The molecular formula is C31H33BrN4O5. The third-order valence-electron chi connectivity index (χ3n) is 6.69. The van der Waals surface area contributed by atoms with Gasteiger partial charge in [0.1, 0.15) is 0 Å². The van der Waals surface area contributed by atoms with Crippen LogP contribution in [-0.2, 0) is 14.3 Å². The normalized spacial score (nSPS) is 13.5. The number of carbonyl (C=O) groups is 3. The van der Waals surface area contributed by atoms with E-state index >= 15 is 0 Å². The summed E-state index contributed by atoms with van der Waals surface area (Å²) in [4.78, 5) is 45.8. The quantitative estimate of drug-likeness (QED) is 0.268. The summed E-state index contributed by atoms with van der Waals surface area (Å²) in [5, 5.41) is 4.49. The number of nitrogens with zero attached hydrogens (tertiary/aromatic N) is 3. The zero-order valence-electron chi connectivity index (χ0n) is 23.6. The molecule has 1 fully saturated rings. The third kappa shape index (κ3) is 7.18. The molecule has 4 aromatic rings. The second-order valence-corrected chi connectivity index (χ2v) is 11.0. The van der Waals surface area contributed by atoms with Gasteiger partial charge >= 0.3 is 11.9 Å². The highest BCUT2D eigenvalue weighted by Crippen LogP contribution is 2.35. The molecule has 1 N–H and O–H groups in total. The van der Waals surface area contributed by atoms with Crippen LogP contribution in [0, 0.1) is 5.41 Å². The Labute approximate surface area is 247 Å². The first kappa shape index (κ1) is 29.9. The average Bonchev–Trinajstić information content (AvgIpc) is 2.94. The van der Waals surface area contributed by atoms with Crippen molar-refractivity contribution in [2.45, 2.75) is 27.7 Å². The summed E-state index contributed by atoms with van der Waals surface area (Å²) in [6, 6.07) is 14.9. The Kier molecular flexibility index (Phi) is 9.54. The molecule has 0 aliphatic carbocycles. The maximum atomic E-state index is 12.2. The summed E-state index contributed by atoms with van der Waals surface area (Å²) in [7, 11) is 0. The molecule has 0 spiro atoms. The van der Waals surface area contributed by atoms with Crippen molar-refractivity contribution in [2.75, 3.05) is 37.7 Å². The van der Waals surface area contributed by atoms with Crippen molar-refractivity contribution >= 4 is 61.3 Å². The Balaban J connectivity index is 0.000000208. The number of halogens is 1. The standard InChI is InChI=1S/C19H23N3O3.C12H10BrNO2/c1-4-25-18(24)15-7-8-20-17-6-5-14(9-16(15)17)22-11-19(3,12-22)10-21-13(2)23;1-2-16-12(15)9-5-6-14-11-4-3-8(13)7-10(9)11/h5-9H,4,10-12H2,1-3H3,(H,21,23);3-7H,2H2,1H3. The van der Waals surface area contributed by atoms with Crippen molar-refractivity contribution < 1.29 is 23.9 Å². The molecule has 1 aliphatic rings. The molecule has 10 heteroatoms. The van der Waals surface area contributed by atoms with E-state index in [4.69, 9.17) is 9.47 Å². The van der Waals surface area contributed by atoms with Crippen molar-refractivity contribution in [1.29, 1.82) is 0 Å². The number of hydrogen-bond donors (Lipinski definition) is 1. The molecule has 0 bridgehead atoms. The molecule has 214 valence electrons. The van der Waals surface area contributed by atoms with E-state index < -0.39 is 0 Å². The highest BCUT2D eigenvalue weighted by Gasteiger charge is 2.39. The number of pyridine rings is 2. The number of aromatic nitrogens is 2. The maximum Gasteiger partial charge on any atom is 0.338 e. The van der Waals surface area contributed by atoms with Crippen LogP contribution in [0.4, 0.5) is 5.69 Å². The largest absolute Gasteiger partial charge is 0.462 e. The van der Waals surface area contributed by atoms with Crippen LogP contribution in [-0.4, -0.2) is 60.7 Å². The molecule has 9 nitrogen and oxygen atoms in total. The summed E-state index contributed by atoms with van der Waals surface area (Å²) in [6.45, 7) is 10.4. The Morgan fingerprint density at radius 3 is 1.95 bits per heavy atom. The number of esters is 2. The van der Waals surface area contributed by atoms with Gasteiger partial charge in [-0.2, -0.15) is 0 Å². The Morgan fingerprint density at radius 2 is 1.41 bits per heavy atom. The second-order valence-electron chi connectivity index (χ2n) is 10.1. The van der Waals surface area contributed by atoms with Gasteiger partial charge in [0.15, 0.2) is 0 Å². The highest BCUT2D eigenvalue weighted by atomic mass is 79.9. The minimum Gasteiger partial charge on any atom is -0.462 e. The molecule has 1 aliphatic heterocycles. The highest BCUT2D eigenvalue weighted by molar-refractivity contribution is 9.10. The molecule has 2 aromatic carbocycles. The molecule has 41 heavy (non-hydrogen) atoms. The SMILES string of the molecule is CCOC(=O)c1ccnc2ccc(Br)cc12.CCOC(=O)c1ccnc2ccc(N3CC(C)(CNC(C)=O)C3)cc12. The van der Waals surface area contributed by atoms with E-state index in [-0.39, 0.29) is 23.3 Å². The van der Waals surface area contributed by atoms with Gasteiger partial charge in [-0.15, -0.1) is 0 Å². The lowest BCUT2D eigenvalue weighted by Crippen LogP contribution is -2.59. The van der Waals surface area contributed by atoms with Gasteiger partial charge in [-0.3, -0.25) is 14.8 Å². The summed E-state index contributed by atoms with van der Waals surface area (Å²) < 4.78 is 11.1. The van der Waals surface area contributed by atoms with Crippen LogP contribution >= 0.6 is 15.9 Å². The van der Waals surface area contributed by atoms with E-state index in [1.165, 1.54) is 6.92 Å². The van der Waals surface area contributed by atoms with Gasteiger partial charge in [0.2, 0.25) is 5.91 Å². The topological polar surface area (TPSA) is 111 Å². The predicted molar refractivity (Wildman–Crippen MR) is 162 cm³/mol. The molecule has 0 unspecified atom stereocenters. The summed E-state index contributed by atoms with van der Waals surface area (Å²) in [6.07, 6.45) is 3.24. The number of benzene rings is 2. The van der Waals surface area contributed by atoms with Gasteiger partial charge in [0.25, 0.3) is 0 Å². The van der Waals surface area contributed by atoms with Gasteiger partial charge in [-0.1, -0.05) is 22.9 Å². The number of carbonyl (C=O) groups excluding carboxylic acids is 3. The molecule has 3 heterocycles. The number of rotatable bonds is 7. The molecule has 5 rings (SSSR count). The Bertz CT molecular complexity index is 1590. The van der Waals surface area contributed by atoms with Crippen LogP contribution in [0.1, 0.15) is 48.4 Å². The fraction of sp³-hybridized carbons (Fsp3) is 0.323. The zero-order chi connectivity index (χ0) is 29.6. The van der Waals surface area contributed by atoms with Crippen LogP contribution in [0.2, 0.25) is 0 Å². The molecule has 0 saturated carbocycles. The zero-order valence-corrected chi connectivity index (χ0v) is 25.2. The Morgan fingerprint density at radius 1 is 0.878 bits per heavy atom. The monoisotopic (exact) mass is 620 g/mol. The number of nitrogens with one attached hydrogen (secondary N) is 1. The minimum atomic E-state index is -0.328. The van der Waals surface area contributed by atoms with Crippen molar-refractivity contribution in [2.24, 2.45) is 5.41 Å². The molecular weight excluding hydrogens is 588 g/mol. The van der Waals surface area contributed by atoms with E-state index in [1.807, 2.05) is 36.4 Å². The van der Waals surface area contributed by atoms with E-state index in [2.05, 4.69) is 43.0 Å². The van der Waals surface area contributed by atoms with Crippen molar-refractivity contribution in [1.82, 2.24) is 15.3 Å². The van der Waals surface area contributed by atoms with E-state index in [9.17, 15) is 14.4 Å². The molecule has 1 saturated heterocycles. The van der Waals surface area contributed by atoms with Crippen LogP contribution in [0.15, 0.2) is 65.4 Å². The van der Waals surface area contributed by atoms with E-state index in [0.717, 1.165) is 45.1 Å². The summed E-state index contributed by atoms with van der Waals surface area (Å²) in [5.74, 6) is -0.644. The van der Waals surface area contributed by atoms with Crippen LogP contribution in [0.25, 0.3) is 21.8 Å². The van der Waals surface area contributed by atoms with Gasteiger partial charge < -0.3 is 19.7 Å². The van der Waals surface area contributed by atoms with Crippen LogP contribution < -0.4 is 10.2 Å². The average molecular weight is 622 g/mol. The van der Waals surface area contributed by atoms with E-state index in [1.54, 1.807) is 38.4 Å². The van der Waals surface area contributed by atoms with Gasteiger partial charge in [-0.05, 0) is 62.4 Å². The molecule has 0 radical (unpaired) electrons. The Hall–Kier alpha value is -4.05. The lowest BCUT2D eigenvalue weighted by Gasteiger charge is -2.49. The van der Waals surface area contributed by atoms with Gasteiger partial charge in [-0.25, -0.2) is 9.59 Å². The van der Waals surface area contributed by atoms with Crippen LogP contribution in [0.3, 0.4) is 0 Å². The lowest BCUT2D eigenvalue weighted by atomic mass is 9.81. The third-order valence-corrected chi connectivity index (χ3v) is 7.19. The summed E-state index contributed by atoms with van der Waals surface area (Å²) in [5.41, 5.74) is 3.76. The van der Waals surface area contributed by atoms with Crippen molar-refractivity contribution in [3.8, 4) is 0 Å². The second kappa shape index (κ2) is 13.1. The first-order valence-corrected chi connectivity index (χ1v) is 14.2. The fourth-order valence-corrected chi connectivity index (χ4v) is 5.09. The lowest BCUT2D eigenvalue weighted by molar-refractivity contribution is -0.119. The smallest absolute Gasteiger partial charge is 0.338 e. The molecule has 1 amide bonds. The van der Waals surface area contributed by atoms with E-state index in [0.29, 0.717) is 30.9 Å². The molecule has 0 atom stereocenters. The van der Waals surface area contributed by atoms with Crippen molar-refractivity contribution in [3.63, 3.8) is 0 Å². The first-order valence-electron chi connectivity index (χ1n) is 13.4. The fourth-order valence-electron chi connectivity index (χ4n) is 4.73. The van der Waals surface area contributed by atoms with Gasteiger partial charge in [0.05, 0.1) is 35.4 Å². The van der Waals surface area contributed by atoms with Crippen LogP contribution in [0.5, 0.6) is 0 Å². The number of fused-ring (bicyclic) bond motifs is 2. The first-order chi connectivity index (χ1) is 19.6. The van der Waals surface area contributed by atoms with Gasteiger partial charge in [0, 0.05) is 65.3 Å². The number of anilines is 1. The number of amides is 1. The van der Waals surface area contributed by atoms with Crippen molar-refractivity contribution in [3.05, 3.63) is 76.5 Å². The number of hydrogen-bond acceptors (Lipinski definition) is 8. The number of ether oxygens (including phenoxy) is 2. The summed E-state index contributed by atoms with van der Waals surface area (Å²) >= 11 is 3.37. The predicted octanol–water partition coefficient (Wildman–Crippen LogP) is 5.55. The minimum absolute atomic E-state index is 0.00414. The maximum absolute atomic E-state index is 12.2. The molecule has 2 aromatic heterocycles.